The van der Waals surface area contributed by atoms with Gasteiger partial charge in [-0.1, -0.05) is 164 Å². The quantitative estimate of drug-likeness (QED) is 0.0183. The van der Waals surface area contributed by atoms with Crippen LogP contribution >= 0.6 is 7.82 Å². The van der Waals surface area contributed by atoms with Gasteiger partial charge in [0.05, 0.1) is 12.7 Å². The number of carbonyl (C=O) groups is 2. The number of unbranched alkanes of at least 4 members (excludes halogenated alkanes) is 15. The van der Waals surface area contributed by atoms with Crippen molar-refractivity contribution in [2.45, 2.75) is 187 Å². The number of ether oxygens (including phenoxy) is 2. The average Bonchev–Trinajstić information content (AvgIpc) is 3.15. The Hall–Kier alpha value is -2.55. The van der Waals surface area contributed by atoms with E-state index in [1.807, 2.05) is 12.2 Å². The Bertz CT molecular complexity index is 1140. The highest BCUT2D eigenvalue weighted by Gasteiger charge is 2.23. The Kier molecular flexibility index (Phi) is 37.8. The number of phosphoric ester groups is 1. The molecule has 55 heavy (non-hydrogen) atoms. The molecular formula is C45H77O9P. The molecule has 0 aliphatic carbocycles. The van der Waals surface area contributed by atoms with Gasteiger partial charge in [-0.15, -0.1) is 0 Å². The van der Waals surface area contributed by atoms with Gasteiger partial charge in [0, 0.05) is 12.8 Å². The van der Waals surface area contributed by atoms with Gasteiger partial charge in [0.1, 0.15) is 6.61 Å². The molecule has 0 fully saturated rings. The summed E-state index contributed by atoms with van der Waals surface area (Å²) in [4.78, 5) is 42.9. The third-order valence-electron chi connectivity index (χ3n) is 8.81. The molecule has 1 unspecified atom stereocenters. The van der Waals surface area contributed by atoms with E-state index in [1.54, 1.807) is 12.2 Å². The Labute approximate surface area is 334 Å². The zero-order valence-corrected chi connectivity index (χ0v) is 35.3. The van der Waals surface area contributed by atoms with E-state index in [0.29, 0.717) is 19.3 Å². The molecule has 0 heterocycles. The third kappa shape index (κ3) is 42.4. The zero-order chi connectivity index (χ0) is 40.5. The lowest BCUT2D eigenvalue weighted by Gasteiger charge is -2.18. The number of carbonyl (C=O) groups excluding carboxylic acids is 2. The average molecular weight is 793 g/mol. The molecule has 0 spiro atoms. The second kappa shape index (κ2) is 39.7. The first-order valence-electron chi connectivity index (χ1n) is 21.3. The molecule has 0 aromatic rings. The molecule has 0 aliphatic rings. The lowest BCUT2D eigenvalue weighted by molar-refractivity contribution is -0.161. The van der Waals surface area contributed by atoms with Crippen molar-refractivity contribution in [1.82, 2.24) is 0 Å². The third-order valence-corrected chi connectivity index (χ3v) is 9.30. The van der Waals surface area contributed by atoms with Crippen LogP contribution in [-0.4, -0.2) is 52.3 Å². The molecule has 0 rings (SSSR count). The first-order valence-corrected chi connectivity index (χ1v) is 22.9. The number of hydrogen-bond donors (Lipinski definition) is 3. The van der Waals surface area contributed by atoms with Crippen LogP contribution in [0.25, 0.3) is 0 Å². The number of hydrogen-bond acceptors (Lipinski definition) is 7. The number of phosphoric acid groups is 1. The van der Waals surface area contributed by atoms with Gasteiger partial charge >= 0.3 is 19.8 Å². The highest BCUT2D eigenvalue weighted by molar-refractivity contribution is 7.46. The minimum atomic E-state index is -4.81. The summed E-state index contributed by atoms with van der Waals surface area (Å²) < 4.78 is 26.3. The summed E-state index contributed by atoms with van der Waals surface area (Å²) in [6.45, 7) is 3.40. The molecule has 0 aliphatic heterocycles. The van der Waals surface area contributed by atoms with E-state index in [-0.39, 0.29) is 19.4 Å². The molecule has 9 nitrogen and oxygen atoms in total. The predicted octanol–water partition coefficient (Wildman–Crippen LogP) is 12.0. The van der Waals surface area contributed by atoms with Gasteiger partial charge in [-0.2, -0.15) is 0 Å². The molecule has 0 aromatic carbocycles. The van der Waals surface area contributed by atoms with Crippen LogP contribution < -0.4 is 0 Å². The van der Waals surface area contributed by atoms with Gasteiger partial charge in [-0.05, 0) is 70.6 Å². The summed E-state index contributed by atoms with van der Waals surface area (Å²) in [5.74, 6) is -1.09. The van der Waals surface area contributed by atoms with Crippen molar-refractivity contribution >= 4 is 19.8 Å². The highest BCUT2D eigenvalue weighted by Crippen LogP contribution is 2.36. The monoisotopic (exact) mass is 793 g/mol. The van der Waals surface area contributed by atoms with Crippen molar-refractivity contribution in [2.24, 2.45) is 0 Å². The Morgan fingerprint density at radius 1 is 0.582 bits per heavy atom. The molecule has 0 aromatic heterocycles. The Morgan fingerprint density at radius 3 is 1.65 bits per heavy atom. The van der Waals surface area contributed by atoms with Crippen LogP contribution in [0.2, 0.25) is 0 Å². The van der Waals surface area contributed by atoms with E-state index in [0.717, 1.165) is 44.9 Å². The SMILES string of the molecule is CC/C=C\C/C=C\C/C=C\C/C=C\C=C\C(O)CCCC(=O)O[C@H](COC(=O)CCCCCCCCCCC/C=C\CCCCCCCC)COP(=O)(O)O. The molecule has 2 atom stereocenters. The van der Waals surface area contributed by atoms with E-state index in [4.69, 9.17) is 19.3 Å². The smallest absolute Gasteiger partial charge is 0.462 e. The van der Waals surface area contributed by atoms with Gasteiger partial charge < -0.3 is 24.4 Å². The molecule has 0 bridgehead atoms. The normalized spacial score (nSPS) is 13.8. The van der Waals surface area contributed by atoms with Crippen LogP contribution in [0.5, 0.6) is 0 Å². The Balaban J connectivity index is 4.10. The second-order valence-electron chi connectivity index (χ2n) is 14.1. The van der Waals surface area contributed by atoms with E-state index in [9.17, 15) is 19.3 Å². The zero-order valence-electron chi connectivity index (χ0n) is 34.4. The Morgan fingerprint density at radius 2 is 1.09 bits per heavy atom. The number of rotatable bonds is 38. The van der Waals surface area contributed by atoms with E-state index in [1.165, 1.54) is 83.5 Å². The van der Waals surface area contributed by atoms with Crippen LogP contribution in [0.1, 0.15) is 174 Å². The van der Waals surface area contributed by atoms with Crippen molar-refractivity contribution in [3.8, 4) is 0 Å². The minimum Gasteiger partial charge on any atom is -0.462 e. The lowest BCUT2D eigenvalue weighted by atomic mass is 10.1. The van der Waals surface area contributed by atoms with E-state index >= 15 is 0 Å². The number of aliphatic hydroxyl groups excluding tert-OH is 1. The fraction of sp³-hybridized carbons (Fsp3) is 0.689. The van der Waals surface area contributed by atoms with Crippen molar-refractivity contribution in [3.05, 3.63) is 72.9 Å². The highest BCUT2D eigenvalue weighted by atomic mass is 31.2. The van der Waals surface area contributed by atoms with Crippen molar-refractivity contribution in [3.63, 3.8) is 0 Å². The van der Waals surface area contributed by atoms with Crippen LogP contribution in [0, 0.1) is 0 Å². The lowest BCUT2D eigenvalue weighted by Crippen LogP contribution is -2.29. The van der Waals surface area contributed by atoms with Crippen molar-refractivity contribution in [2.75, 3.05) is 13.2 Å². The largest absolute Gasteiger partial charge is 0.469 e. The molecule has 0 saturated heterocycles. The number of aliphatic hydroxyl groups is 1. The first-order chi connectivity index (χ1) is 26.7. The molecule has 0 saturated carbocycles. The summed E-state index contributed by atoms with van der Waals surface area (Å²) >= 11 is 0. The van der Waals surface area contributed by atoms with Crippen LogP contribution in [0.15, 0.2) is 72.9 Å². The summed E-state index contributed by atoms with van der Waals surface area (Å²) in [5.41, 5.74) is 0. The summed E-state index contributed by atoms with van der Waals surface area (Å²) in [6.07, 6.45) is 48.0. The maximum Gasteiger partial charge on any atom is 0.469 e. The number of esters is 2. The first kappa shape index (κ1) is 52.5. The topological polar surface area (TPSA) is 140 Å². The maximum atomic E-state index is 12.4. The maximum absolute atomic E-state index is 12.4. The fourth-order valence-electron chi connectivity index (χ4n) is 5.63. The van der Waals surface area contributed by atoms with Gasteiger partial charge in [0.25, 0.3) is 0 Å². The van der Waals surface area contributed by atoms with Gasteiger partial charge in [-0.3, -0.25) is 14.1 Å². The molecule has 0 radical (unpaired) electrons. The summed E-state index contributed by atoms with van der Waals surface area (Å²) in [7, 11) is -4.81. The van der Waals surface area contributed by atoms with Crippen molar-refractivity contribution < 1.29 is 43.0 Å². The van der Waals surface area contributed by atoms with Crippen LogP contribution in [0.3, 0.4) is 0 Å². The predicted molar refractivity (Wildman–Crippen MR) is 226 cm³/mol. The minimum absolute atomic E-state index is 0.0219. The molecule has 0 amide bonds. The molecular weight excluding hydrogens is 715 g/mol. The van der Waals surface area contributed by atoms with Gasteiger partial charge in [0.15, 0.2) is 6.10 Å². The van der Waals surface area contributed by atoms with E-state index in [2.05, 4.69) is 67.0 Å². The second-order valence-corrected chi connectivity index (χ2v) is 15.4. The van der Waals surface area contributed by atoms with Gasteiger partial charge in [-0.25, -0.2) is 4.57 Å². The molecule has 10 heteroatoms. The number of allylic oxidation sites excluding steroid dienone is 11. The van der Waals surface area contributed by atoms with Crippen molar-refractivity contribution in [1.29, 1.82) is 0 Å². The molecule has 3 N–H and O–H groups in total. The fourth-order valence-corrected chi connectivity index (χ4v) is 5.99. The summed E-state index contributed by atoms with van der Waals surface area (Å²) in [6, 6.07) is 0. The standard InChI is InChI=1S/C45H77O9P/c1-3-5-7-9-11-13-15-17-18-19-20-21-22-24-26-28-30-32-34-38-44(47)52-40-43(41-53-55(49,50)51)54-45(48)39-35-37-42(46)36-33-31-29-27-25-23-16-14-12-10-8-6-4-2/h6,8,12,14,17-18,23,25,29,31,33,36,42-43,46H,3-5,7,9-11,13,15-16,19-22,24,26-28,30,32,34-35,37-41H2,1-2H3,(H2,49,50,51)/b8-6-,14-12-,18-17-,25-23-,31-29-,36-33+/t42?,43-/m1/s1. The van der Waals surface area contributed by atoms with Crippen LogP contribution in [-0.2, 0) is 28.2 Å². The molecule has 316 valence electrons. The summed E-state index contributed by atoms with van der Waals surface area (Å²) in [5, 5.41) is 10.2. The van der Waals surface area contributed by atoms with E-state index < -0.39 is 38.6 Å². The van der Waals surface area contributed by atoms with Crippen LogP contribution in [0.4, 0.5) is 0 Å². The van der Waals surface area contributed by atoms with Gasteiger partial charge in [0.2, 0.25) is 0 Å².